The van der Waals surface area contributed by atoms with Gasteiger partial charge in [0.15, 0.2) is 11.6 Å². The maximum atomic E-state index is 11.7. The lowest BCUT2D eigenvalue weighted by atomic mass is 10.0. The molecule has 2 N–H and O–H groups in total. The first kappa shape index (κ1) is 17.2. The lowest BCUT2D eigenvalue weighted by Gasteiger charge is -2.12. The second-order valence-corrected chi connectivity index (χ2v) is 7.48. The van der Waals surface area contributed by atoms with Gasteiger partial charge in [-0.3, -0.25) is 4.72 Å². The van der Waals surface area contributed by atoms with Crippen LogP contribution >= 0.6 is 0 Å². The van der Waals surface area contributed by atoms with E-state index in [0.717, 1.165) is 9.99 Å². The summed E-state index contributed by atoms with van der Waals surface area (Å²) >= 11 is 0. The molecule has 0 fully saturated rings. The molecule has 7 nitrogen and oxygen atoms in total. The zero-order valence-electron chi connectivity index (χ0n) is 13.6. The zero-order chi connectivity index (χ0) is 17.0. The smallest absolute Gasteiger partial charge is 0.302 e. The molecule has 0 bridgehead atoms. The fourth-order valence-electron chi connectivity index (χ4n) is 1.78. The number of anilines is 3. The Kier molecular flexibility index (Phi) is 5.17. The molecule has 1 heterocycles. The van der Waals surface area contributed by atoms with Crippen LogP contribution in [-0.2, 0) is 10.2 Å². The number of rotatable bonds is 6. The maximum Gasteiger partial charge on any atom is 0.302 e. The van der Waals surface area contributed by atoms with Gasteiger partial charge in [0.05, 0.1) is 0 Å². The molecule has 0 radical (unpaired) electrons. The SMILES string of the molecule is CC(C)c1ccc(Nc2ccc(NS(=O)(=O)N(C)C)nn2)cc1. The molecule has 0 saturated carbocycles. The Bertz CT molecular complexity index is 740. The summed E-state index contributed by atoms with van der Waals surface area (Å²) in [5.74, 6) is 1.18. The normalized spacial score (nSPS) is 11.7. The van der Waals surface area contributed by atoms with E-state index >= 15 is 0 Å². The molecule has 0 saturated heterocycles. The first-order valence-electron chi connectivity index (χ1n) is 7.19. The van der Waals surface area contributed by atoms with E-state index in [1.807, 2.05) is 12.1 Å². The van der Waals surface area contributed by atoms with Gasteiger partial charge in [0.25, 0.3) is 0 Å². The van der Waals surface area contributed by atoms with Crippen LogP contribution in [0.5, 0.6) is 0 Å². The van der Waals surface area contributed by atoms with Crippen molar-refractivity contribution in [2.75, 3.05) is 24.1 Å². The van der Waals surface area contributed by atoms with Gasteiger partial charge < -0.3 is 5.32 Å². The predicted octanol–water partition coefficient (Wildman–Crippen LogP) is 2.56. The summed E-state index contributed by atoms with van der Waals surface area (Å²) in [6.45, 7) is 4.28. The molecule has 1 aromatic carbocycles. The standard InChI is InChI=1S/C15H21N5O2S/c1-11(2)12-5-7-13(8-6-12)16-14-9-10-15(18-17-14)19-23(21,22)20(3)4/h5-11H,1-4H3,(H,16,17)(H,18,19). The van der Waals surface area contributed by atoms with Crippen LogP contribution in [0.4, 0.5) is 17.3 Å². The molecule has 0 aliphatic carbocycles. The summed E-state index contributed by atoms with van der Waals surface area (Å²) < 4.78 is 26.8. The monoisotopic (exact) mass is 335 g/mol. The highest BCUT2D eigenvalue weighted by molar-refractivity contribution is 7.90. The van der Waals surface area contributed by atoms with Crippen LogP contribution in [-0.4, -0.2) is 37.0 Å². The van der Waals surface area contributed by atoms with Crippen molar-refractivity contribution in [2.24, 2.45) is 0 Å². The van der Waals surface area contributed by atoms with Crippen molar-refractivity contribution in [2.45, 2.75) is 19.8 Å². The van der Waals surface area contributed by atoms with Gasteiger partial charge in [-0.1, -0.05) is 26.0 Å². The Morgan fingerprint density at radius 2 is 1.52 bits per heavy atom. The van der Waals surface area contributed by atoms with Crippen molar-refractivity contribution in [1.29, 1.82) is 0 Å². The number of nitrogens with one attached hydrogen (secondary N) is 2. The summed E-state index contributed by atoms with van der Waals surface area (Å²) in [4.78, 5) is 0. The van der Waals surface area contributed by atoms with E-state index in [2.05, 4.69) is 46.2 Å². The van der Waals surface area contributed by atoms with Gasteiger partial charge in [-0.05, 0) is 35.7 Å². The average Bonchev–Trinajstić information content (AvgIpc) is 2.49. The molecule has 1 aromatic heterocycles. The molecular weight excluding hydrogens is 314 g/mol. The van der Waals surface area contributed by atoms with Crippen molar-refractivity contribution >= 4 is 27.5 Å². The second-order valence-electron chi connectivity index (χ2n) is 5.60. The topological polar surface area (TPSA) is 87.2 Å². The van der Waals surface area contributed by atoms with Gasteiger partial charge in [-0.2, -0.15) is 12.7 Å². The van der Waals surface area contributed by atoms with E-state index in [1.54, 1.807) is 12.1 Å². The van der Waals surface area contributed by atoms with E-state index in [0.29, 0.717) is 11.7 Å². The van der Waals surface area contributed by atoms with Crippen LogP contribution < -0.4 is 10.0 Å². The first-order valence-corrected chi connectivity index (χ1v) is 8.63. The molecule has 0 aliphatic heterocycles. The van der Waals surface area contributed by atoms with Crippen molar-refractivity contribution in [1.82, 2.24) is 14.5 Å². The summed E-state index contributed by atoms with van der Waals surface area (Å²) in [6.07, 6.45) is 0. The van der Waals surface area contributed by atoms with Crippen molar-refractivity contribution in [3.8, 4) is 0 Å². The minimum absolute atomic E-state index is 0.166. The third kappa shape index (κ3) is 4.64. The Labute approximate surface area is 136 Å². The van der Waals surface area contributed by atoms with Crippen LogP contribution in [0.1, 0.15) is 25.3 Å². The first-order chi connectivity index (χ1) is 10.8. The molecule has 2 rings (SSSR count). The number of hydrogen-bond acceptors (Lipinski definition) is 5. The quantitative estimate of drug-likeness (QED) is 0.847. The van der Waals surface area contributed by atoms with E-state index in [4.69, 9.17) is 0 Å². The summed E-state index contributed by atoms with van der Waals surface area (Å²) in [5.41, 5.74) is 2.15. The van der Waals surface area contributed by atoms with E-state index in [1.165, 1.54) is 19.7 Å². The highest BCUT2D eigenvalue weighted by Gasteiger charge is 2.13. The fourth-order valence-corrected chi connectivity index (χ4v) is 2.33. The van der Waals surface area contributed by atoms with Crippen molar-refractivity contribution < 1.29 is 8.42 Å². The highest BCUT2D eigenvalue weighted by Crippen LogP contribution is 2.19. The van der Waals surface area contributed by atoms with E-state index in [9.17, 15) is 8.42 Å². The number of nitrogens with zero attached hydrogens (tertiary/aromatic N) is 3. The minimum Gasteiger partial charge on any atom is -0.339 e. The molecular formula is C15H21N5O2S. The molecule has 0 amide bonds. The molecule has 0 spiro atoms. The minimum atomic E-state index is -3.58. The van der Waals surface area contributed by atoms with Crippen LogP contribution in [0.2, 0.25) is 0 Å². The molecule has 0 aliphatic rings. The van der Waals surface area contributed by atoms with Gasteiger partial charge in [-0.25, -0.2) is 0 Å². The molecule has 0 unspecified atom stereocenters. The summed E-state index contributed by atoms with van der Waals surface area (Å²) in [5, 5.41) is 10.9. The zero-order valence-corrected chi connectivity index (χ0v) is 14.4. The average molecular weight is 335 g/mol. The van der Waals surface area contributed by atoms with Crippen molar-refractivity contribution in [3.63, 3.8) is 0 Å². The molecule has 0 atom stereocenters. The fraction of sp³-hybridized carbons (Fsp3) is 0.333. The number of benzene rings is 1. The third-order valence-electron chi connectivity index (χ3n) is 3.23. The lowest BCUT2D eigenvalue weighted by molar-refractivity contribution is 0.526. The highest BCUT2D eigenvalue weighted by atomic mass is 32.2. The molecule has 124 valence electrons. The van der Waals surface area contributed by atoms with Gasteiger partial charge >= 0.3 is 10.2 Å². The van der Waals surface area contributed by atoms with Gasteiger partial charge in [-0.15, -0.1) is 10.2 Å². The van der Waals surface area contributed by atoms with Gasteiger partial charge in [0, 0.05) is 19.8 Å². The predicted molar refractivity (Wildman–Crippen MR) is 92.1 cm³/mol. The van der Waals surface area contributed by atoms with E-state index < -0.39 is 10.2 Å². The van der Waals surface area contributed by atoms with Gasteiger partial charge in [0.2, 0.25) is 0 Å². The molecule has 23 heavy (non-hydrogen) atoms. The van der Waals surface area contributed by atoms with Crippen LogP contribution in [0, 0.1) is 0 Å². The Morgan fingerprint density at radius 1 is 0.957 bits per heavy atom. The van der Waals surface area contributed by atoms with Crippen LogP contribution in [0.15, 0.2) is 36.4 Å². The van der Waals surface area contributed by atoms with E-state index in [-0.39, 0.29) is 5.82 Å². The summed E-state index contributed by atoms with van der Waals surface area (Å²) in [7, 11) is -0.701. The molecule has 8 heteroatoms. The maximum absolute atomic E-state index is 11.7. The number of hydrogen-bond donors (Lipinski definition) is 2. The van der Waals surface area contributed by atoms with Crippen LogP contribution in [0.3, 0.4) is 0 Å². The second kappa shape index (κ2) is 6.93. The number of aromatic nitrogens is 2. The third-order valence-corrected chi connectivity index (χ3v) is 4.66. The lowest BCUT2D eigenvalue weighted by Crippen LogP contribution is -2.29. The van der Waals surface area contributed by atoms with Gasteiger partial charge in [0.1, 0.15) is 0 Å². The largest absolute Gasteiger partial charge is 0.339 e. The Hall–Kier alpha value is -2.19. The Balaban J connectivity index is 2.05. The van der Waals surface area contributed by atoms with Crippen molar-refractivity contribution in [3.05, 3.63) is 42.0 Å². The Morgan fingerprint density at radius 3 is 2.00 bits per heavy atom. The summed E-state index contributed by atoms with van der Waals surface area (Å²) in [6, 6.07) is 11.3. The van der Waals surface area contributed by atoms with Crippen LogP contribution in [0.25, 0.3) is 0 Å². The molecule has 2 aromatic rings.